The number of nitrogens with zero attached hydrogens (tertiary/aromatic N) is 3. The highest BCUT2D eigenvalue weighted by Crippen LogP contribution is 2.45. The van der Waals surface area contributed by atoms with Crippen molar-refractivity contribution >= 4 is 35.0 Å². The maximum Gasteiger partial charge on any atom is 0.288 e. The topological polar surface area (TPSA) is 75.8 Å². The van der Waals surface area contributed by atoms with Gasteiger partial charge in [0, 0.05) is 17.5 Å². The molecule has 1 heterocycles. The van der Waals surface area contributed by atoms with Crippen molar-refractivity contribution in [1.29, 1.82) is 0 Å². The molecule has 1 aliphatic carbocycles. The maximum absolute atomic E-state index is 13.7. The Morgan fingerprint density at radius 2 is 1.72 bits per heavy atom. The number of carbonyl (C=O) groups excluding carboxylic acids is 1. The van der Waals surface area contributed by atoms with Gasteiger partial charge in [-0.2, -0.15) is 5.10 Å². The van der Waals surface area contributed by atoms with Crippen molar-refractivity contribution in [1.82, 2.24) is 5.01 Å². The summed E-state index contributed by atoms with van der Waals surface area (Å²) in [6.45, 7) is 0. The lowest BCUT2D eigenvalue weighted by molar-refractivity contribution is -0.384. The van der Waals surface area contributed by atoms with Gasteiger partial charge < -0.3 is 0 Å². The zero-order valence-electron chi connectivity index (χ0n) is 18.9. The Bertz CT molecular complexity index is 1400. The lowest BCUT2D eigenvalue weighted by atomic mass is 9.77. The number of amides is 1. The molecule has 1 saturated carbocycles. The van der Waals surface area contributed by atoms with E-state index in [-0.39, 0.29) is 28.0 Å². The van der Waals surface area contributed by atoms with Gasteiger partial charge in [0.15, 0.2) is 0 Å². The number of nitro benzene ring substituents is 1. The fraction of sp³-hybridized carbons (Fsp3) is 0.185. The van der Waals surface area contributed by atoms with E-state index in [2.05, 4.69) is 0 Å². The summed E-state index contributed by atoms with van der Waals surface area (Å²) < 4.78 is 27.1. The predicted octanol–water partition coefficient (Wildman–Crippen LogP) is 6.96. The molecule has 182 valence electrons. The van der Waals surface area contributed by atoms with Crippen LogP contribution >= 0.6 is 11.6 Å². The molecule has 2 aliphatic rings. The standard InChI is InChI=1S/C27H20ClF2N3O3/c28-23-13-8-19(15-24(23)33(35)36)27(34)32-26(17-6-11-21(30)12-7-17)22-3-1-2-18(25(22)31-32)14-16-4-9-20(29)10-5-16/h4-15,22,26H,1-3H2/b18-14-. The van der Waals surface area contributed by atoms with Crippen molar-refractivity contribution in [3.63, 3.8) is 0 Å². The smallest absolute Gasteiger partial charge is 0.267 e. The van der Waals surface area contributed by atoms with Crippen LogP contribution in [0.25, 0.3) is 6.08 Å². The summed E-state index contributed by atoms with van der Waals surface area (Å²) in [6, 6.07) is 15.4. The van der Waals surface area contributed by atoms with Crippen molar-refractivity contribution in [2.24, 2.45) is 11.0 Å². The largest absolute Gasteiger partial charge is 0.288 e. The van der Waals surface area contributed by atoms with Gasteiger partial charge in [-0.3, -0.25) is 14.9 Å². The SMILES string of the molecule is O=C(c1ccc(Cl)c([N+](=O)[O-])c1)N1N=C2/C(=C\c3ccc(F)cc3)CCCC2C1c1ccc(F)cc1. The van der Waals surface area contributed by atoms with Crippen LogP contribution in [0.2, 0.25) is 5.02 Å². The van der Waals surface area contributed by atoms with Crippen LogP contribution in [-0.2, 0) is 0 Å². The van der Waals surface area contributed by atoms with Crippen LogP contribution < -0.4 is 0 Å². The second kappa shape index (κ2) is 9.62. The van der Waals surface area contributed by atoms with E-state index < -0.39 is 22.7 Å². The van der Waals surface area contributed by atoms with Crippen LogP contribution in [0.3, 0.4) is 0 Å². The molecule has 0 bridgehead atoms. The molecule has 6 nitrogen and oxygen atoms in total. The van der Waals surface area contributed by atoms with E-state index in [0.29, 0.717) is 5.56 Å². The molecule has 1 fully saturated rings. The van der Waals surface area contributed by atoms with Crippen molar-refractivity contribution in [2.45, 2.75) is 25.3 Å². The fourth-order valence-electron chi connectivity index (χ4n) is 4.84. The minimum atomic E-state index is -0.643. The number of fused-ring (bicyclic) bond motifs is 1. The molecule has 3 aromatic carbocycles. The van der Waals surface area contributed by atoms with Crippen LogP contribution in [0.4, 0.5) is 14.5 Å². The Kier molecular flexibility index (Phi) is 6.36. The van der Waals surface area contributed by atoms with Gasteiger partial charge >= 0.3 is 0 Å². The second-order valence-corrected chi connectivity index (χ2v) is 9.18. The first-order valence-corrected chi connectivity index (χ1v) is 11.8. The van der Waals surface area contributed by atoms with Crippen molar-refractivity contribution in [3.8, 4) is 0 Å². The van der Waals surface area contributed by atoms with E-state index in [4.69, 9.17) is 16.7 Å². The molecule has 0 radical (unpaired) electrons. The number of hydrazone groups is 1. The fourth-order valence-corrected chi connectivity index (χ4v) is 5.03. The highest BCUT2D eigenvalue weighted by atomic mass is 35.5. The van der Waals surface area contributed by atoms with Gasteiger partial charge in [0.25, 0.3) is 11.6 Å². The maximum atomic E-state index is 13.7. The number of halogens is 3. The normalized spacial score (nSPS) is 20.2. The quantitative estimate of drug-likeness (QED) is 0.283. The first kappa shape index (κ1) is 23.8. The summed E-state index contributed by atoms with van der Waals surface area (Å²) in [7, 11) is 0. The third kappa shape index (κ3) is 4.52. The summed E-state index contributed by atoms with van der Waals surface area (Å²) in [5, 5.41) is 17.4. The number of benzene rings is 3. The summed E-state index contributed by atoms with van der Waals surface area (Å²) in [6.07, 6.45) is 4.28. The molecule has 36 heavy (non-hydrogen) atoms. The molecule has 0 spiro atoms. The van der Waals surface area contributed by atoms with Gasteiger partial charge in [-0.15, -0.1) is 0 Å². The van der Waals surface area contributed by atoms with Crippen molar-refractivity contribution in [2.75, 3.05) is 0 Å². The molecule has 2 unspecified atom stereocenters. The lowest BCUT2D eigenvalue weighted by Gasteiger charge is -2.29. The molecule has 0 saturated heterocycles. The third-order valence-electron chi connectivity index (χ3n) is 6.52. The van der Waals surface area contributed by atoms with E-state index in [1.807, 2.05) is 6.08 Å². The average Bonchev–Trinajstić information content (AvgIpc) is 3.26. The van der Waals surface area contributed by atoms with Crippen molar-refractivity contribution in [3.05, 3.63) is 116 Å². The molecule has 3 aromatic rings. The van der Waals surface area contributed by atoms with Crippen molar-refractivity contribution < 1.29 is 18.5 Å². The van der Waals surface area contributed by atoms with Gasteiger partial charge in [-0.1, -0.05) is 35.9 Å². The van der Waals surface area contributed by atoms with E-state index in [9.17, 15) is 23.7 Å². The van der Waals surface area contributed by atoms with Crippen LogP contribution in [0, 0.1) is 27.7 Å². The zero-order valence-corrected chi connectivity index (χ0v) is 19.7. The number of allylic oxidation sites excluding steroid dienone is 1. The average molecular weight is 508 g/mol. The minimum absolute atomic E-state index is 0.0717. The van der Waals surface area contributed by atoms with E-state index in [1.165, 1.54) is 41.4 Å². The van der Waals surface area contributed by atoms with Gasteiger partial charge in [0.05, 0.1) is 16.7 Å². The van der Waals surface area contributed by atoms with Crippen LogP contribution in [-0.4, -0.2) is 21.6 Å². The summed E-state index contributed by atoms with van der Waals surface area (Å²) in [5.74, 6) is -1.40. The molecule has 0 N–H and O–H groups in total. The second-order valence-electron chi connectivity index (χ2n) is 8.77. The molecule has 1 amide bonds. The van der Waals surface area contributed by atoms with E-state index >= 15 is 0 Å². The third-order valence-corrected chi connectivity index (χ3v) is 6.84. The number of hydrogen-bond donors (Lipinski definition) is 0. The first-order chi connectivity index (χ1) is 17.3. The van der Waals surface area contributed by atoms with Gasteiger partial charge in [-0.05, 0) is 78.4 Å². The number of nitro groups is 1. The number of hydrogen-bond acceptors (Lipinski definition) is 4. The Morgan fingerprint density at radius 1 is 1.06 bits per heavy atom. The highest BCUT2D eigenvalue weighted by molar-refractivity contribution is 6.32. The zero-order chi connectivity index (χ0) is 25.4. The molecule has 2 atom stereocenters. The molecular weight excluding hydrogens is 488 g/mol. The van der Waals surface area contributed by atoms with Gasteiger partial charge in [-0.25, -0.2) is 13.8 Å². The first-order valence-electron chi connectivity index (χ1n) is 11.4. The highest BCUT2D eigenvalue weighted by Gasteiger charge is 2.44. The lowest BCUT2D eigenvalue weighted by Crippen LogP contribution is -2.32. The predicted molar refractivity (Wildman–Crippen MR) is 133 cm³/mol. The molecular formula is C27H20ClF2N3O3. The van der Waals surface area contributed by atoms with E-state index in [1.54, 1.807) is 24.3 Å². The van der Waals surface area contributed by atoms with Gasteiger partial charge in [0.1, 0.15) is 16.7 Å². The Hall–Kier alpha value is -3.91. The summed E-state index contributed by atoms with van der Waals surface area (Å²) >= 11 is 5.94. The number of rotatable bonds is 4. The Balaban J connectivity index is 1.59. The molecule has 9 heteroatoms. The summed E-state index contributed by atoms with van der Waals surface area (Å²) in [4.78, 5) is 24.4. The van der Waals surface area contributed by atoms with E-state index in [0.717, 1.165) is 42.2 Å². The molecule has 5 rings (SSSR count). The minimum Gasteiger partial charge on any atom is -0.267 e. The van der Waals surface area contributed by atoms with Gasteiger partial charge in [0.2, 0.25) is 0 Å². The number of carbonyl (C=O) groups is 1. The summed E-state index contributed by atoms with van der Waals surface area (Å²) in [5.41, 5.74) is 2.89. The molecule has 0 aromatic heterocycles. The van der Waals surface area contributed by atoms with Crippen LogP contribution in [0.15, 0.2) is 77.4 Å². The van der Waals surface area contributed by atoms with Crippen LogP contribution in [0.1, 0.15) is 46.8 Å². The Morgan fingerprint density at radius 3 is 2.39 bits per heavy atom. The molecule has 1 aliphatic heterocycles. The van der Waals surface area contributed by atoms with Crippen LogP contribution in [0.5, 0.6) is 0 Å². The monoisotopic (exact) mass is 507 g/mol. The Labute approximate surface area is 210 Å².